The zero-order valence-electron chi connectivity index (χ0n) is 15.6. The molecule has 7 heteroatoms. The second kappa shape index (κ2) is 9.78. The molecule has 2 aromatic rings. The number of hydrogen-bond acceptors (Lipinski definition) is 4. The van der Waals surface area contributed by atoms with E-state index in [1.54, 1.807) is 24.1 Å². The van der Waals surface area contributed by atoms with Crippen molar-refractivity contribution >= 4 is 29.1 Å². The molecule has 148 valence electrons. The molecule has 0 spiro atoms. The number of benzene rings is 2. The molecule has 3 nitrogen and oxygen atoms in total. The highest BCUT2D eigenvalue weighted by molar-refractivity contribution is 8.00. The average molecular weight is 405 g/mol. The van der Waals surface area contributed by atoms with Crippen molar-refractivity contribution in [3.8, 4) is 0 Å². The molecule has 0 atom stereocenters. The molecule has 0 saturated heterocycles. The summed E-state index contributed by atoms with van der Waals surface area (Å²) in [7, 11) is 0. The molecular weight excluding hydrogens is 383 g/mol. The van der Waals surface area contributed by atoms with Crippen LogP contribution in [0.5, 0.6) is 0 Å². The Morgan fingerprint density at radius 1 is 1.11 bits per heavy atom. The van der Waals surface area contributed by atoms with Crippen molar-refractivity contribution in [1.82, 2.24) is 0 Å². The minimum atomic E-state index is -2.63. The van der Waals surface area contributed by atoms with Crippen LogP contribution in [0.4, 0.5) is 18.9 Å². The summed E-state index contributed by atoms with van der Waals surface area (Å²) in [6.45, 7) is 2.55. The number of alkyl halides is 2. The van der Waals surface area contributed by atoms with Crippen molar-refractivity contribution in [1.29, 1.82) is 0 Å². The fraction of sp³-hybridized carbons (Fsp3) is 0.333. The lowest BCUT2D eigenvalue weighted by atomic mass is 10.0. The lowest BCUT2D eigenvalue weighted by molar-refractivity contribution is 0.224. The van der Waals surface area contributed by atoms with Gasteiger partial charge in [-0.3, -0.25) is 0 Å². The summed E-state index contributed by atoms with van der Waals surface area (Å²) in [6, 6.07) is 14.7. The first-order valence-electron chi connectivity index (χ1n) is 9.24. The van der Waals surface area contributed by atoms with Crippen LogP contribution in [0.2, 0.25) is 0 Å². The Labute approximate surface area is 167 Å². The van der Waals surface area contributed by atoms with E-state index >= 15 is 0 Å². The summed E-state index contributed by atoms with van der Waals surface area (Å²) < 4.78 is 42.3. The fourth-order valence-corrected chi connectivity index (χ4v) is 3.92. The Morgan fingerprint density at radius 3 is 2.54 bits per heavy atom. The smallest absolute Gasteiger partial charge is 0.278 e. The zero-order valence-corrected chi connectivity index (χ0v) is 16.4. The second-order valence-corrected chi connectivity index (χ2v) is 7.59. The average Bonchev–Trinajstić information content (AvgIpc) is 3.20. The third-order valence-electron chi connectivity index (χ3n) is 4.39. The van der Waals surface area contributed by atoms with Gasteiger partial charge in [0.25, 0.3) is 6.43 Å². The first kappa shape index (κ1) is 20.5. The van der Waals surface area contributed by atoms with Gasteiger partial charge >= 0.3 is 0 Å². The highest BCUT2D eigenvalue weighted by Gasteiger charge is 2.22. The van der Waals surface area contributed by atoms with E-state index in [0.717, 1.165) is 24.3 Å². The van der Waals surface area contributed by atoms with Crippen molar-refractivity contribution in [2.24, 2.45) is 10.2 Å². The molecule has 0 saturated carbocycles. The lowest BCUT2D eigenvalue weighted by Crippen LogP contribution is -2.16. The number of unbranched alkanes of at least 4 members (excludes halogenated alkanes) is 1. The summed E-state index contributed by atoms with van der Waals surface area (Å²) in [6.07, 6.45) is -0.491. The standard InChI is InChI=1S/C21H22F3N3S/c1-2-3-11-28-27(17-7-5-4-6-8-17)14-16-10-9-15(12-18(16)22)19-13-20(21(23)24)26-25-19/h4-10,12,21H,2-3,11,13-14H2,1H3. The minimum absolute atomic E-state index is 0.0422. The van der Waals surface area contributed by atoms with Gasteiger partial charge in [-0.25, -0.2) is 13.2 Å². The van der Waals surface area contributed by atoms with E-state index < -0.39 is 6.43 Å². The number of nitrogens with zero attached hydrogens (tertiary/aromatic N) is 3. The van der Waals surface area contributed by atoms with Gasteiger partial charge in [-0.15, -0.1) is 0 Å². The van der Waals surface area contributed by atoms with Gasteiger partial charge in [0.15, 0.2) is 0 Å². The van der Waals surface area contributed by atoms with Crippen molar-refractivity contribution in [2.75, 3.05) is 10.1 Å². The maximum atomic E-state index is 14.7. The molecule has 1 aliphatic heterocycles. The molecule has 0 amide bonds. The summed E-state index contributed by atoms with van der Waals surface area (Å²) in [5.41, 5.74) is 2.15. The normalized spacial score (nSPS) is 13.6. The van der Waals surface area contributed by atoms with E-state index in [-0.39, 0.29) is 17.9 Å². The van der Waals surface area contributed by atoms with Crippen LogP contribution in [0.3, 0.4) is 0 Å². The zero-order chi connectivity index (χ0) is 19.9. The van der Waals surface area contributed by atoms with Crippen molar-refractivity contribution < 1.29 is 13.2 Å². The van der Waals surface area contributed by atoms with Gasteiger partial charge in [-0.2, -0.15) is 10.2 Å². The Hall–Kier alpha value is -2.28. The molecule has 28 heavy (non-hydrogen) atoms. The van der Waals surface area contributed by atoms with Crippen LogP contribution in [0, 0.1) is 5.82 Å². The number of rotatable bonds is 9. The molecule has 2 aromatic carbocycles. The van der Waals surface area contributed by atoms with Crippen molar-refractivity contribution in [3.63, 3.8) is 0 Å². The van der Waals surface area contributed by atoms with E-state index in [1.807, 2.05) is 30.3 Å². The van der Waals surface area contributed by atoms with Crippen molar-refractivity contribution in [2.45, 2.75) is 39.2 Å². The summed E-state index contributed by atoms with van der Waals surface area (Å²) in [4.78, 5) is 0. The Balaban J connectivity index is 1.73. The predicted octanol–water partition coefficient (Wildman–Crippen LogP) is 6.09. The highest BCUT2D eigenvalue weighted by Crippen LogP contribution is 2.27. The van der Waals surface area contributed by atoms with E-state index in [1.165, 1.54) is 6.07 Å². The summed E-state index contributed by atoms with van der Waals surface area (Å²) in [5, 5.41) is 7.28. The number of hydrogen-bond donors (Lipinski definition) is 0. The third kappa shape index (κ3) is 5.16. The number of anilines is 1. The molecule has 1 heterocycles. The summed E-state index contributed by atoms with van der Waals surface area (Å²) >= 11 is 1.68. The minimum Gasteiger partial charge on any atom is -0.312 e. The maximum absolute atomic E-state index is 14.7. The molecule has 0 radical (unpaired) electrons. The molecule has 0 N–H and O–H groups in total. The third-order valence-corrected chi connectivity index (χ3v) is 5.51. The van der Waals surface area contributed by atoms with Crippen LogP contribution in [-0.2, 0) is 6.54 Å². The second-order valence-electron chi connectivity index (χ2n) is 6.48. The van der Waals surface area contributed by atoms with Gasteiger partial charge < -0.3 is 4.31 Å². The Morgan fingerprint density at radius 2 is 1.89 bits per heavy atom. The Kier molecular flexibility index (Phi) is 7.14. The SMILES string of the molecule is CCCCSN(Cc1ccc(C2=NN=C(C(F)F)C2)cc1F)c1ccccc1. The highest BCUT2D eigenvalue weighted by atomic mass is 32.2. The van der Waals surface area contributed by atoms with Gasteiger partial charge in [0.1, 0.15) is 11.5 Å². The van der Waals surface area contributed by atoms with E-state index in [4.69, 9.17) is 0 Å². The molecule has 0 bridgehead atoms. The van der Waals surface area contributed by atoms with Crippen LogP contribution in [0.1, 0.15) is 37.3 Å². The Bertz CT molecular complexity index is 853. The van der Waals surface area contributed by atoms with Gasteiger partial charge in [-0.05, 0) is 36.6 Å². The number of para-hydroxylation sites is 1. The largest absolute Gasteiger partial charge is 0.312 e. The van der Waals surface area contributed by atoms with Crippen LogP contribution < -0.4 is 4.31 Å². The molecular formula is C21H22F3N3S. The van der Waals surface area contributed by atoms with E-state index in [2.05, 4.69) is 21.4 Å². The van der Waals surface area contributed by atoms with Crippen LogP contribution >= 0.6 is 11.9 Å². The summed E-state index contributed by atoms with van der Waals surface area (Å²) in [5.74, 6) is 0.582. The molecule has 0 unspecified atom stereocenters. The van der Waals surface area contributed by atoms with Gasteiger partial charge in [0.2, 0.25) is 0 Å². The van der Waals surface area contributed by atoms with E-state index in [0.29, 0.717) is 23.4 Å². The number of halogens is 3. The molecule has 0 aromatic heterocycles. The predicted molar refractivity (Wildman–Crippen MR) is 111 cm³/mol. The fourth-order valence-electron chi connectivity index (χ4n) is 2.78. The lowest BCUT2D eigenvalue weighted by Gasteiger charge is -2.24. The molecule has 0 fully saturated rings. The maximum Gasteiger partial charge on any atom is 0.278 e. The molecule has 1 aliphatic rings. The van der Waals surface area contributed by atoms with Crippen molar-refractivity contribution in [3.05, 3.63) is 65.5 Å². The first-order valence-corrected chi connectivity index (χ1v) is 10.2. The van der Waals surface area contributed by atoms with Crippen LogP contribution in [0.15, 0.2) is 58.7 Å². The van der Waals surface area contributed by atoms with Gasteiger partial charge in [-0.1, -0.05) is 43.7 Å². The first-order chi connectivity index (χ1) is 13.6. The van der Waals surface area contributed by atoms with Gasteiger partial charge in [0, 0.05) is 29.0 Å². The van der Waals surface area contributed by atoms with Crippen LogP contribution in [-0.4, -0.2) is 23.6 Å². The van der Waals surface area contributed by atoms with E-state index in [9.17, 15) is 13.2 Å². The van der Waals surface area contributed by atoms with Gasteiger partial charge in [0.05, 0.1) is 12.3 Å². The van der Waals surface area contributed by atoms with Crippen LogP contribution in [0.25, 0.3) is 0 Å². The monoisotopic (exact) mass is 405 g/mol. The quantitative estimate of drug-likeness (QED) is 0.373. The molecule has 3 rings (SSSR count). The topological polar surface area (TPSA) is 28.0 Å². The molecule has 0 aliphatic carbocycles.